The van der Waals surface area contributed by atoms with Crippen LogP contribution in [0, 0.1) is 5.92 Å². The number of nitrogens with two attached hydrogens (primary N) is 1. The van der Waals surface area contributed by atoms with E-state index in [2.05, 4.69) is 27.5 Å². The SMILES string of the molecule is CN1CCC(CNC(=O)c2nnc(N)s2)C1. The summed E-state index contributed by atoms with van der Waals surface area (Å²) in [7, 11) is 2.09. The number of carbonyl (C=O) groups excluding carboxylic acids is 1. The van der Waals surface area contributed by atoms with Crippen LogP contribution in [0.4, 0.5) is 5.13 Å². The van der Waals surface area contributed by atoms with Gasteiger partial charge in [0, 0.05) is 13.1 Å². The molecule has 2 rings (SSSR count). The fourth-order valence-electron chi connectivity index (χ4n) is 1.83. The maximum atomic E-state index is 11.6. The number of hydrogen-bond donors (Lipinski definition) is 2. The molecule has 1 aliphatic rings. The predicted octanol–water partition coefficient (Wildman–Crippen LogP) is -0.198. The number of likely N-dealkylation sites (tertiary alicyclic amines) is 1. The molecule has 1 fully saturated rings. The zero-order valence-electron chi connectivity index (χ0n) is 9.14. The van der Waals surface area contributed by atoms with Crippen molar-refractivity contribution in [2.45, 2.75) is 6.42 Å². The molecule has 2 heterocycles. The van der Waals surface area contributed by atoms with Gasteiger partial charge in [-0.3, -0.25) is 4.79 Å². The molecule has 0 radical (unpaired) electrons. The Kier molecular flexibility index (Phi) is 3.35. The van der Waals surface area contributed by atoms with Crippen molar-refractivity contribution in [1.82, 2.24) is 20.4 Å². The first kappa shape index (κ1) is 11.3. The molecule has 1 amide bonds. The lowest BCUT2D eigenvalue weighted by Gasteiger charge is -2.10. The molecule has 3 N–H and O–H groups in total. The van der Waals surface area contributed by atoms with E-state index in [1.54, 1.807) is 0 Å². The maximum Gasteiger partial charge on any atom is 0.282 e. The number of nitrogens with zero attached hydrogens (tertiary/aromatic N) is 3. The normalized spacial score (nSPS) is 21.2. The van der Waals surface area contributed by atoms with Crippen LogP contribution >= 0.6 is 11.3 Å². The third-order valence-corrected chi connectivity index (χ3v) is 3.43. The Morgan fingerprint density at radius 3 is 3.06 bits per heavy atom. The summed E-state index contributed by atoms with van der Waals surface area (Å²) in [4.78, 5) is 13.9. The molecule has 0 aromatic carbocycles. The van der Waals surface area contributed by atoms with Gasteiger partial charge in [-0.2, -0.15) is 0 Å². The number of aromatic nitrogens is 2. The lowest BCUT2D eigenvalue weighted by Crippen LogP contribution is -2.30. The zero-order valence-corrected chi connectivity index (χ0v) is 9.96. The minimum Gasteiger partial charge on any atom is -0.374 e. The van der Waals surface area contributed by atoms with Crippen molar-refractivity contribution >= 4 is 22.4 Å². The van der Waals surface area contributed by atoms with E-state index in [1.807, 2.05) is 0 Å². The number of anilines is 1. The van der Waals surface area contributed by atoms with Gasteiger partial charge in [0.1, 0.15) is 0 Å². The van der Waals surface area contributed by atoms with Gasteiger partial charge in [-0.15, -0.1) is 10.2 Å². The van der Waals surface area contributed by atoms with Gasteiger partial charge in [-0.1, -0.05) is 11.3 Å². The highest BCUT2D eigenvalue weighted by Crippen LogP contribution is 2.14. The fourth-order valence-corrected chi connectivity index (χ4v) is 2.36. The summed E-state index contributed by atoms with van der Waals surface area (Å²) in [5.41, 5.74) is 5.41. The van der Waals surface area contributed by atoms with E-state index in [9.17, 15) is 4.79 Å². The second kappa shape index (κ2) is 4.75. The molecule has 88 valence electrons. The van der Waals surface area contributed by atoms with Crippen LogP contribution in [0.2, 0.25) is 0 Å². The van der Waals surface area contributed by atoms with Crippen molar-refractivity contribution in [1.29, 1.82) is 0 Å². The number of hydrogen-bond acceptors (Lipinski definition) is 6. The number of rotatable bonds is 3. The Labute approximate surface area is 97.8 Å². The van der Waals surface area contributed by atoms with E-state index in [-0.39, 0.29) is 5.91 Å². The molecule has 0 saturated carbocycles. The highest BCUT2D eigenvalue weighted by atomic mass is 32.1. The molecule has 1 aliphatic heterocycles. The largest absolute Gasteiger partial charge is 0.374 e. The molecule has 16 heavy (non-hydrogen) atoms. The molecule has 0 spiro atoms. The third-order valence-electron chi connectivity index (χ3n) is 2.68. The molecule has 1 unspecified atom stereocenters. The summed E-state index contributed by atoms with van der Waals surface area (Å²) in [5, 5.41) is 10.8. The van der Waals surface area contributed by atoms with Crippen molar-refractivity contribution in [3.8, 4) is 0 Å². The smallest absolute Gasteiger partial charge is 0.282 e. The van der Waals surface area contributed by atoms with Gasteiger partial charge in [0.25, 0.3) is 5.91 Å². The lowest BCUT2D eigenvalue weighted by atomic mass is 10.1. The summed E-state index contributed by atoms with van der Waals surface area (Å²) >= 11 is 1.11. The van der Waals surface area contributed by atoms with Gasteiger partial charge in [0.05, 0.1) is 0 Å². The van der Waals surface area contributed by atoms with Crippen LogP contribution in [0.5, 0.6) is 0 Å². The van der Waals surface area contributed by atoms with Gasteiger partial charge in [0.15, 0.2) is 0 Å². The Hall–Kier alpha value is -1.21. The van der Waals surface area contributed by atoms with Crippen molar-refractivity contribution < 1.29 is 4.79 Å². The molecule has 6 nitrogen and oxygen atoms in total. The minimum atomic E-state index is -0.177. The maximum absolute atomic E-state index is 11.6. The Bertz CT molecular complexity index is 380. The average molecular weight is 241 g/mol. The summed E-state index contributed by atoms with van der Waals surface area (Å²) < 4.78 is 0. The Morgan fingerprint density at radius 1 is 1.69 bits per heavy atom. The van der Waals surface area contributed by atoms with E-state index in [1.165, 1.54) is 0 Å². The van der Waals surface area contributed by atoms with Crippen LogP contribution in [-0.2, 0) is 0 Å². The Morgan fingerprint density at radius 2 is 2.50 bits per heavy atom. The Balaban J connectivity index is 1.80. The summed E-state index contributed by atoms with van der Waals surface area (Å²) in [5.74, 6) is 0.364. The van der Waals surface area contributed by atoms with E-state index >= 15 is 0 Å². The molecule has 0 bridgehead atoms. The first-order chi connectivity index (χ1) is 7.65. The molecule has 1 atom stereocenters. The van der Waals surface area contributed by atoms with Crippen LogP contribution < -0.4 is 11.1 Å². The van der Waals surface area contributed by atoms with E-state index in [4.69, 9.17) is 5.73 Å². The second-order valence-corrected chi connectivity index (χ2v) is 5.08. The topological polar surface area (TPSA) is 84.1 Å². The molecule has 7 heteroatoms. The summed E-state index contributed by atoms with van der Waals surface area (Å²) in [6.45, 7) is 2.84. The fraction of sp³-hybridized carbons (Fsp3) is 0.667. The van der Waals surface area contributed by atoms with Crippen molar-refractivity contribution in [2.75, 3.05) is 32.4 Å². The average Bonchev–Trinajstić information content (AvgIpc) is 2.84. The van der Waals surface area contributed by atoms with Crippen LogP contribution in [0.1, 0.15) is 16.2 Å². The molecule has 1 saturated heterocycles. The zero-order chi connectivity index (χ0) is 11.5. The standard InChI is InChI=1S/C9H15N5OS/c1-14-3-2-6(5-14)4-11-7(15)8-12-13-9(10)16-8/h6H,2-5H2,1H3,(H2,10,13)(H,11,15). The van der Waals surface area contributed by atoms with E-state index < -0.39 is 0 Å². The van der Waals surface area contributed by atoms with Crippen molar-refractivity contribution in [2.24, 2.45) is 5.92 Å². The van der Waals surface area contributed by atoms with Crippen molar-refractivity contribution in [3.05, 3.63) is 5.01 Å². The van der Waals surface area contributed by atoms with E-state index in [0.717, 1.165) is 30.8 Å². The number of amides is 1. The van der Waals surface area contributed by atoms with E-state index in [0.29, 0.717) is 22.6 Å². The predicted molar refractivity (Wildman–Crippen MR) is 62.3 cm³/mol. The number of nitrogens with one attached hydrogen (secondary N) is 1. The number of nitrogen functional groups attached to an aromatic ring is 1. The highest BCUT2D eigenvalue weighted by Gasteiger charge is 2.20. The van der Waals surface area contributed by atoms with Crippen molar-refractivity contribution in [3.63, 3.8) is 0 Å². The quantitative estimate of drug-likeness (QED) is 0.765. The lowest BCUT2D eigenvalue weighted by molar-refractivity contribution is 0.0946. The monoisotopic (exact) mass is 241 g/mol. The molecule has 1 aromatic heterocycles. The minimum absolute atomic E-state index is 0.177. The third kappa shape index (κ3) is 2.67. The number of carbonyl (C=O) groups is 1. The molecule has 1 aromatic rings. The molecule has 0 aliphatic carbocycles. The first-order valence-corrected chi connectivity index (χ1v) is 6.02. The van der Waals surface area contributed by atoms with Crippen LogP contribution in [0.25, 0.3) is 0 Å². The van der Waals surface area contributed by atoms with Gasteiger partial charge >= 0.3 is 0 Å². The van der Waals surface area contributed by atoms with Gasteiger partial charge in [-0.25, -0.2) is 0 Å². The summed E-state index contributed by atoms with van der Waals surface area (Å²) in [6, 6.07) is 0. The summed E-state index contributed by atoms with van der Waals surface area (Å²) in [6.07, 6.45) is 1.13. The van der Waals surface area contributed by atoms with Gasteiger partial charge < -0.3 is 16.0 Å². The highest BCUT2D eigenvalue weighted by molar-refractivity contribution is 7.16. The van der Waals surface area contributed by atoms with Crippen LogP contribution in [-0.4, -0.2) is 47.7 Å². The van der Waals surface area contributed by atoms with Gasteiger partial charge in [0.2, 0.25) is 10.1 Å². The second-order valence-electron chi connectivity index (χ2n) is 4.07. The molecular weight excluding hydrogens is 226 g/mol. The first-order valence-electron chi connectivity index (χ1n) is 5.21. The van der Waals surface area contributed by atoms with Crippen LogP contribution in [0.3, 0.4) is 0 Å². The van der Waals surface area contributed by atoms with Crippen LogP contribution in [0.15, 0.2) is 0 Å². The molecular formula is C9H15N5OS. The van der Waals surface area contributed by atoms with Gasteiger partial charge in [-0.05, 0) is 25.9 Å².